The normalized spacial score (nSPS) is 8.68. The van der Waals surface area contributed by atoms with Crippen molar-refractivity contribution in [3.05, 3.63) is 60.2 Å². The lowest BCUT2D eigenvalue weighted by Crippen LogP contribution is -1.83. The molecule has 0 N–H and O–H groups in total. The van der Waals surface area contributed by atoms with Gasteiger partial charge in [0.1, 0.15) is 0 Å². The molecule has 0 unspecified atom stereocenters. The fourth-order valence-corrected chi connectivity index (χ4v) is 1.78. The van der Waals surface area contributed by atoms with Gasteiger partial charge in [-0.25, -0.2) is 0 Å². The molecule has 0 heterocycles. The quantitative estimate of drug-likeness (QED) is 0.599. The number of rotatable bonds is 3. The fourth-order valence-electron chi connectivity index (χ4n) is 1.78. The first-order valence-corrected chi connectivity index (χ1v) is 7.54. The monoisotopic (exact) mass is 256 g/mol. The summed E-state index contributed by atoms with van der Waals surface area (Å²) >= 11 is 0. The molecule has 0 heteroatoms. The Morgan fingerprint density at radius 3 is 1.58 bits per heavy atom. The molecule has 0 aliphatic heterocycles. The van der Waals surface area contributed by atoms with Gasteiger partial charge in [0, 0.05) is 0 Å². The van der Waals surface area contributed by atoms with Crippen LogP contribution in [0.2, 0.25) is 0 Å². The molecule has 19 heavy (non-hydrogen) atoms. The predicted octanol–water partition coefficient (Wildman–Crippen LogP) is 6.36. The van der Waals surface area contributed by atoms with E-state index in [2.05, 4.69) is 61.5 Å². The van der Waals surface area contributed by atoms with Gasteiger partial charge in [-0.2, -0.15) is 0 Å². The highest BCUT2D eigenvalue weighted by Gasteiger charge is 1.96. The molecule has 0 radical (unpaired) electrons. The lowest BCUT2D eigenvalue weighted by molar-refractivity contribution is 0.922. The van der Waals surface area contributed by atoms with Gasteiger partial charge in [-0.05, 0) is 23.1 Å². The standard InChI is InChI=1S/C15H16.2C2H6/c1-2-6-13-9-11-15(12-10-13)14-7-4-3-5-8-14;2*1-2/h3-5,7-12H,2,6H2,1H3;2*1-2H3. The molecule has 0 fully saturated rings. The van der Waals surface area contributed by atoms with Crippen LogP contribution < -0.4 is 0 Å². The van der Waals surface area contributed by atoms with E-state index >= 15 is 0 Å². The summed E-state index contributed by atoms with van der Waals surface area (Å²) in [5.41, 5.74) is 4.02. The van der Waals surface area contributed by atoms with E-state index in [1.807, 2.05) is 27.7 Å². The molecule has 0 spiro atoms. The first kappa shape index (κ1) is 17.4. The highest BCUT2D eigenvalue weighted by Crippen LogP contribution is 2.19. The molecule has 0 atom stereocenters. The number of hydrogen-bond acceptors (Lipinski definition) is 0. The van der Waals surface area contributed by atoms with Gasteiger partial charge >= 0.3 is 0 Å². The topological polar surface area (TPSA) is 0 Å². The second-order valence-electron chi connectivity index (χ2n) is 3.81. The van der Waals surface area contributed by atoms with Crippen molar-refractivity contribution >= 4 is 0 Å². The van der Waals surface area contributed by atoms with E-state index in [-0.39, 0.29) is 0 Å². The third-order valence-corrected chi connectivity index (χ3v) is 2.60. The maximum absolute atomic E-state index is 2.23. The average molecular weight is 256 g/mol. The second kappa shape index (κ2) is 11.5. The lowest BCUT2D eigenvalue weighted by Gasteiger charge is -2.03. The Hall–Kier alpha value is -1.56. The van der Waals surface area contributed by atoms with Crippen molar-refractivity contribution in [1.29, 1.82) is 0 Å². The molecule has 0 nitrogen and oxygen atoms in total. The summed E-state index contributed by atoms with van der Waals surface area (Å²) in [5.74, 6) is 0. The molecule has 0 saturated heterocycles. The zero-order valence-electron chi connectivity index (χ0n) is 13.1. The first-order chi connectivity index (χ1) is 9.40. The molecule has 2 aromatic carbocycles. The van der Waals surface area contributed by atoms with Crippen LogP contribution in [-0.4, -0.2) is 0 Å². The minimum absolute atomic E-state index is 1.18. The lowest BCUT2D eigenvalue weighted by atomic mass is 10.0. The third kappa shape index (κ3) is 6.24. The molecule has 104 valence electrons. The van der Waals surface area contributed by atoms with Crippen molar-refractivity contribution in [3.8, 4) is 11.1 Å². The molecule has 2 aromatic rings. The summed E-state index contributed by atoms with van der Waals surface area (Å²) in [6, 6.07) is 19.4. The van der Waals surface area contributed by atoms with Crippen molar-refractivity contribution in [3.63, 3.8) is 0 Å². The summed E-state index contributed by atoms with van der Waals surface area (Å²) in [4.78, 5) is 0. The van der Waals surface area contributed by atoms with Crippen LogP contribution in [0.3, 0.4) is 0 Å². The van der Waals surface area contributed by atoms with E-state index in [0.29, 0.717) is 0 Å². The van der Waals surface area contributed by atoms with Crippen LogP contribution in [-0.2, 0) is 6.42 Å². The molecule has 0 aliphatic carbocycles. The van der Waals surface area contributed by atoms with Crippen molar-refractivity contribution in [2.24, 2.45) is 0 Å². The van der Waals surface area contributed by atoms with Gasteiger partial charge in [-0.1, -0.05) is 95.6 Å². The Kier molecular flexibility index (Phi) is 10.6. The molecule has 0 saturated carbocycles. The van der Waals surface area contributed by atoms with Gasteiger partial charge in [0.25, 0.3) is 0 Å². The SMILES string of the molecule is CC.CC.CCCc1ccc(-c2ccccc2)cc1. The summed E-state index contributed by atoms with van der Waals surface area (Å²) in [6.45, 7) is 10.2. The predicted molar refractivity (Wildman–Crippen MR) is 88.6 cm³/mol. The highest BCUT2D eigenvalue weighted by molar-refractivity contribution is 5.63. The molecule has 2 rings (SSSR count). The average Bonchev–Trinajstić information content (AvgIpc) is 2.53. The van der Waals surface area contributed by atoms with E-state index < -0.39 is 0 Å². The molecule has 0 amide bonds. The minimum Gasteiger partial charge on any atom is -0.0683 e. The smallest absolute Gasteiger partial charge is 0.0184 e. The molecular weight excluding hydrogens is 228 g/mol. The second-order valence-corrected chi connectivity index (χ2v) is 3.81. The van der Waals surface area contributed by atoms with E-state index in [0.717, 1.165) is 0 Å². The summed E-state index contributed by atoms with van der Waals surface area (Å²) in [6.07, 6.45) is 2.39. The maximum Gasteiger partial charge on any atom is -0.0184 e. The number of hydrogen-bond donors (Lipinski definition) is 0. The third-order valence-electron chi connectivity index (χ3n) is 2.60. The van der Waals surface area contributed by atoms with Gasteiger partial charge < -0.3 is 0 Å². The Balaban J connectivity index is 0.000000741. The summed E-state index contributed by atoms with van der Waals surface area (Å²) in [5, 5.41) is 0. The molecule has 0 aliphatic rings. The van der Waals surface area contributed by atoms with E-state index in [9.17, 15) is 0 Å². The Morgan fingerprint density at radius 1 is 0.632 bits per heavy atom. The first-order valence-electron chi connectivity index (χ1n) is 7.54. The largest absolute Gasteiger partial charge is 0.0683 e. The van der Waals surface area contributed by atoms with Crippen molar-refractivity contribution < 1.29 is 0 Å². The van der Waals surface area contributed by atoms with Gasteiger partial charge in [-0.3, -0.25) is 0 Å². The van der Waals surface area contributed by atoms with Gasteiger partial charge in [0.15, 0.2) is 0 Å². The molecule has 0 bridgehead atoms. The van der Waals surface area contributed by atoms with Crippen molar-refractivity contribution in [1.82, 2.24) is 0 Å². The minimum atomic E-state index is 1.18. The van der Waals surface area contributed by atoms with Gasteiger partial charge in [-0.15, -0.1) is 0 Å². The molecular formula is C19H28. The highest BCUT2D eigenvalue weighted by atomic mass is 14.0. The van der Waals surface area contributed by atoms with Crippen LogP contribution in [0.4, 0.5) is 0 Å². The van der Waals surface area contributed by atoms with Gasteiger partial charge in [0.05, 0.1) is 0 Å². The summed E-state index contributed by atoms with van der Waals surface area (Å²) in [7, 11) is 0. The van der Waals surface area contributed by atoms with Crippen LogP contribution >= 0.6 is 0 Å². The van der Waals surface area contributed by atoms with Crippen LogP contribution in [0, 0.1) is 0 Å². The van der Waals surface area contributed by atoms with E-state index in [1.54, 1.807) is 0 Å². The van der Waals surface area contributed by atoms with Crippen LogP contribution in [0.5, 0.6) is 0 Å². The van der Waals surface area contributed by atoms with Crippen LogP contribution in [0.25, 0.3) is 11.1 Å². The summed E-state index contributed by atoms with van der Waals surface area (Å²) < 4.78 is 0. The van der Waals surface area contributed by atoms with Crippen LogP contribution in [0.1, 0.15) is 46.6 Å². The Bertz CT molecular complexity index is 398. The van der Waals surface area contributed by atoms with Crippen molar-refractivity contribution in [2.75, 3.05) is 0 Å². The van der Waals surface area contributed by atoms with Crippen molar-refractivity contribution in [2.45, 2.75) is 47.5 Å². The van der Waals surface area contributed by atoms with E-state index in [4.69, 9.17) is 0 Å². The zero-order chi connectivity index (χ0) is 14.5. The zero-order valence-corrected chi connectivity index (χ0v) is 13.1. The Labute approximate surface area is 119 Å². The van der Waals surface area contributed by atoms with Gasteiger partial charge in [0.2, 0.25) is 0 Å². The fraction of sp³-hybridized carbons (Fsp3) is 0.368. The van der Waals surface area contributed by atoms with Crippen LogP contribution in [0.15, 0.2) is 54.6 Å². The number of benzene rings is 2. The number of aryl methyl sites for hydroxylation is 1. The molecule has 0 aromatic heterocycles. The maximum atomic E-state index is 2.23. The van der Waals surface area contributed by atoms with E-state index in [1.165, 1.54) is 29.5 Å². The Morgan fingerprint density at radius 2 is 1.11 bits per heavy atom.